The lowest BCUT2D eigenvalue weighted by Gasteiger charge is -2.28. The number of nitrogens with zero attached hydrogens (tertiary/aromatic N) is 3. The monoisotopic (exact) mass is 363 g/mol. The second kappa shape index (κ2) is 7.99. The Morgan fingerprint density at radius 3 is 2.80 bits per heavy atom. The SMILES string of the molecule is CCC[C@H]1SCCN1C(=O)C1=NN(Cc2ccc(F)cc2)C(=O)CC1. The van der Waals surface area contributed by atoms with E-state index in [0.717, 1.165) is 30.7 Å². The Balaban J connectivity index is 1.73. The van der Waals surface area contributed by atoms with Gasteiger partial charge in [-0.15, -0.1) is 11.8 Å². The van der Waals surface area contributed by atoms with Gasteiger partial charge in [-0.1, -0.05) is 25.5 Å². The molecule has 1 saturated heterocycles. The maximum absolute atomic E-state index is 13.0. The van der Waals surface area contributed by atoms with Gasteiger partial charge in [0.15, 0.2) is 0 Å². The molecule has 7 heteroatoms. The first kappa shape index (κ1) is 17.9. The van der Waals surface area contributed by atoms with Gasteiger partial charge in [0.05, 0.1) is 11.9 Å². The summed E-state index contributed by atoms with van der Waals surface area (Å²) in [5.41, 5.74) is 1.23. The Labute approximate surface area is 151 Å². The average Bonchev–Trinajstić information content (AvgIpc) is 3.07. The molecule has 0 aliphatic carbocycles. The van der Waals surface area contributed by atoms with Crippen molar-refractivity contribution in [3.05, 3.63) is 35.6 Å². The second-order valence-corrected chi connectivity index (χ2v) is 7.52. The predicted octanol–water partition coefficient (Wildman–Crippen LogP) is 3.01. The lowest BCUT2D eigenvalue weighted by atomic mass is 10.1. The quantitative estimate of drug-likeness (QED) is 0.808. The Morgan fingerprint density at radius 1 is 1.32 bits per heavy atom. The molecule has 0 radical (unpaired) electrons. The van der Waals surface area contributed by atoms with Crippen molar-refractivity contribution in [2.75, 3.05) is 12.3 Å². The standard InChI is InChI=1S/C18H22FN3O2S/c1-2-3-17-21(10-11-25-17)18(24)15-8-9-16(23)22(20-15)12-13-4-6-14(19)7-5-13/h4-7,17H,2-3,8-12H2,1H3/t17-/m1/s1. The molecule has 1 fully saturated rings. The van der Waals surface area contributed by atoms with Crippen LogP contribution in [0.1, 0.15) is 38.2 Å². The highest BCUT2D eigenvalue weighted by Gasteiger charge is 2.33. The molecule has 0 bridgehead atoms. The summed E-state index contributed by atoms with van der Waals surface area (Å²) in [7, 11) is 0. The van der Waals surface area contributed by atoms with Crippen LogP contribution in [-0.4, -0.2) is 45.1 Å². The van der Waals surface area contributed by atoms with Gasteiger partial charge in [0, 0.05) is 25.1 Å². The summed E-state index contributed by atoms with van der Waals surface area (Å²) in [6, 6.07) is 5.97. The van der Waals surface area contributed by atoms with Gasteiger partial charge in [0.2, 0.25) is 5.91 Å². The molecule has 2 amide bonds. The van der Waals surface area contributed by atoms with Gasteiger partial charge in [-0.25, -0.2) is 9.40 Å². The summed E-state index contributed by atoms with van der Waals surface area (Å²) >= 11 is 1.81. The molecule has 1 aromatic carbocycles. The van der Waals surface area contributed by atoms with Crippen LogP contribution < -0.4 is 0 Å². The molecule has 5 nitrogen and oxygen atoms in total. The van der Waals surface area contributed by atoms with Crippen LogP contribution in [0.5, 0.6) is 0 Å². The maximum atomic E-state index is 13.0. The highest BCUT2D eigenvalue weighted by Crippen LogP contribution is 2.28. The molecule has 0 aromatic heterocycles. The maximum Gasteiger partial charge on any atom is 0.271 e. The number of hydrazone groups is 1. The fraction of sp³-hybridized carbons (Fsp3) is 0.500. The average molecular weight is 363 g/mol. The Kier molecular flexibility index (Phi) is 5.73. The summed E-state index contributed by atoms with van der Waals surface area (Å²) in [6.07, 6.45) is 2.67. The molecular weight excluding hydrogens is 341 g/mol. The lowest BCUT2D eigenvalue weighted by Crippen LogP contribution is -2.43. The van der Waals surface area contributed by atoms with Gasteiger partial charge in [0.25, 0.3) is 5.91 Å². The number of carbonyl (C=O) groups is 2. The number of hydrogen-bond acceptors (Lipinski definition) is 4. The third-order valence-corrected chi connectivity index (χ3v) is 5.68. The summed E-state index contributed by atoms with van der Waals surface area (Å²) in [6.45, 7) is 3.10. The topological polar surface area (TPSA) is 53.0 Å². The molecule has 3 rings (SSSR count). The highest BCUT2D eigenvalue weighted by molar-refractivity contribution is 8.00. The van der Waals surface area contributed by atoms with Crippen molar-refractivity contribution >= 4 is 29.3 Å². The third-order valence-electron chi connectivity index (χ3n) is 4.38. The van der Waals surface area contributed by atoms with Crippen molar-refractivity contribution in [3.8, 4) is 0 Å². The van der Waals surface area contributed by atoms with Crippen LogP contribution in [0.15, 0.2) is 29.4 Å². The van der Waals surface area contributed by atoms with E-state index in [2.05, 4.69) is 12.0 Å². The number of thioether (sulfide) groups is 1. The van der Waals surface area contributed by atoms with E-state index in [4.69, 9.17) is 0 Å². The predicted molar refractivity (Wildman–Crippen MR) is 96.5 cm³/mol. The normalized spacial score (nSPS) is 20.8. The summed E-state index contributed by atoms with van der Waals surface area (Å²) in [5.74, 6) is 0.463. The summed E-state index contributed by atoms with van der Waals surface area (Å²) in [5, 5.41) is 5.87. The summed E-state index contributed by atoms with van der Waals surface area (Å²) in [4.78, 5) is 26.9. The zero-order chi connectivity index (χ0) is 17.8. The molecule has 2 aliphatic rings. The number of hydrogen-bond donors (Lipinski definition) is 0. The Morgan fingerprint density at radius 2 is 2.08 bits per heavy atom. The first-order chi connectivity index (χ1) is 12.1. The van der Waals surface area contributed by atoms with E-state index in [-0.39, 0.29) is 36.0 Å². The molecular formula is C18H22FN3O2S. The minimum absolute atomic E-state index is 0.0555. The van der Waals surface area contributed by atoms with Crippen molar-refractivity contribution in [2.24, 2.45) is 5.10 Å². The molecule has 134 valence electrons. The lowest BCUT2D eigenvalue weighted by molar-refractivity contribution is -0.132. The van der Waals surface area contributed by atoms with Gasteiger partial charge < -0.3 is 4.90 Å². The fourth-order valence-electron chi connectivity index (χ4n) is 3.05. The van der Waals surface area contributed by atoms with E-state index >= 15 is 0 Å². The van der Waals surface area contributed by atoms with Gasteiger partial charge in [0.1, 0.15) is 11.5 Å². The largest absolute Gasteiger partial charge is 0.325 e. The number of halogens is 1. The highest BCUT2D eigenvalue weighted by atomic mass is 32.2. The number of amides is 2. The van der Waals surface area contributed by atoms with E-state index in [1.54, 1.807) is 23.9 Å². The van der Waals surface area contributed by atoms with Crippen molar-refractivity contribution in [2.45, 2.75) is 44.5 Å². The molecule has 0 saturated carbocycles. The zero-order valence-electron chi connectivity index (χ0n) is 14.3. The fourth-order valence-corrected chi connectivity index (χ4v) is 4.40. The Hall–Kier alpha value is -1.89. The molecule has 0 spiro atoms. The van der Waals surface area contributed by atoms with Crippen molar-refractivity contribution in [3.63, 3.8) is 0 Å². The van der Waals surface area contributed by atoms with Gasteiger partial charge >= 0.3 is 0 Å². The summed E-state index contributed by atoms with van der Waals surface area (Å²) < 4.78 is 13.0. The molecule has 25 heavy (non-hydrogen) atoms. The molecule has 2 heterocycles. The van der Waals surface area contributed by atoms with Crippen LogP contribution in [0.2, 0.25) is 0 Å². The van der Waals surface area contributed by atoms with Crippen molar-refractivity contribution in [1.82, 2.24) is 9.91 Å². The van der Waals surface area contributed by atoms with Crippen LogP contribution in [0.3, 0.4) is 0 Å². The van der Waals surface area contributed by atoms with E-state index < -0.39 is 0 Å². The van der Waals surface area contributed by atoms with E-state index in [1.807, 2.05) is 4.90 Å². The second-order valence-electron chi connectivity index (χ2n) is 6.24. The number of benzene rings is 1. The molecule has 1 aromatic rings. The first-order valence-corrected chi connectivity index (χ1v) is 9.68. The van der Waals surface area contributed by atoms with Gasteiger partial charge in [-0.3, -0.25) is 9.59 Å². The molecule has 1 atom stereocenters. The third kappa shape index (κ3) is 4.21. The van der Waals surface area contributed by atoms with E-state index in [1.165, 1.54) is 17.1 Å². The van der Waals surface area contributed by atoms with Gasteiger partial charge in [-0.05, 0) is 24.1 Å². The molecule has 0 N–H and O–H groups in total. The van der Waals surface area contributed by atoms with E-state index in [0.29, 0.717) is 12.1 Å². The minimum Gasteiger partial charge on any atom is -0.325 e. The van der Waals surface area contributed by atoms with Crippen LogP contribution >= 0.6 is 11.8 Å². The van der Waals surface area contributed by atoms with Crippen molar-refractivity contribution < 1.29 is 14.0 Å². The van der Waals surface area contributed by atoms with Crippen LogP contribution in [0.4, 0.5) is 4.39 Å². The van der Waals surface area contributed by atoms with Crippen molar-refractivity contribution in [1.29, 1.82) is 0 Å². The van der Waals surface area contributed by atoms with Gasteiger partial charge in [-0.2, -0.15) is 5.10 Å². The zero-order valence-corrected chi connectivity index (χ0v) is 15.1. The van der Waals surface area contributed by atoms with E-state index in [9.17, 15) is 14.0 Å². The first-order valence-electron chi connectivity index (χ1n) is 8.63. The smallest absolute Gasteiger partial charge is 0.271 e. The number of rotatable bonds is 5. The van der Waals surface area contributed by atoms with Crippen LogP contribution in [0.25, 0.3) is 0 Å². The Bertz CT molecular complexity index is 677. The molecule has 2 aliphatic heterocycles. The number of carbonyl (C=O) groups excluding carboxylic acids is 2. The van der Waals surface area contributed by atoms with Crippen LogP contribution in [-0.2, 0) is 16.1 Å². The molecule has 0 unspecified atom stereocenters. The van der Waals surface area contributed by atoms with Crippen LogP contribution in [0, 0.1) is 5.82 Å². The minimum atomic E-state index is -0.318.